The van der Waals surface area contributed by atoms with Crippen molar-refractivity contribution in [2.45, 2.75) is 12.8 Å². The van der Waals surface area contributed by atoms with Crippen molar-refractivity contribution >= 4 is 33.3 Å². The Morgan fingerprint density at radius 1 is 1.45 bits per heavy atom. The van der Waals surface area contributed by atoms with Crippen molar-refractivity contribution in [2.75, 3.05) is 31.2 Å². The highest BCUT2D eigenvalue weighted by Crippen LogP contribution is 2.19. The molecule has 0 radical (unpaired) electrons. The number of carbonyl (C=O) groups is 1. The third-order valence-electron chi connectivity index (χ3n) is 3.52. The van der Waals surface area contributed by atoms with Crippen molar-refractivity contribution < 1.29 is 13.2 Å². The predicted molar refractivity (Wildman–Crippen MR) is 87.6 cm³/mol. The Kier molecular flexibility index (Phi) is 5.66. The van der Waals surface area contributed by atoms with E-state index in [9.17, 15) is 13.2 Å². The Labute approximate surface area is 135 Å². The number of carbonyl (C=O) groups excluding carboxylic acids is 1. The van der Waals surface area contributed by atoms with E-state index in [0.29, 0.717) is 30.3 Å². The van der Waals surface area contributed by atoms with Crippen LogP contribution in [0.15, 0.2) is 24.3 Å². The minimum atomic E-state index is -3.20. The number of urea groups is 1. The van der Waals surface area contributed by atoms with Gasteiger partial charge in [0.25, 0.3) is 0 Å². The molecule has 1 atom stereocenters. The first kappa shape index (κ1) is 17.1. The van der Waals surface area contributed by atoms with Gasteiger partial charge in [-0.3, -0.25) is 0 Å². The highest BCUT2D eigenvalue weighted by Gasteiger charge is 2.24. The number of anilines is 1. The second-order valence-electron chi connectivity index (χ2n) is 5.52. The van der Waals surface area contributed by atoms with E-state index in [1.807, 2.05) is 0 Å². The molecular weight excluding hydrogens is 326 g/mol. The van der Waals surface area contributed by atoms with Crippen molar-refractivity contribution in [2.24, 2.45) is 5.92 Å². The highest BCUT2D eigenvalue weighted by molar-refractivity contribution is 7.88. The maximum atomic E-state index is 12.3. The summed E-state index contributed by atoms with van der Waals surface area (Å²) in [6.45, 7) is 1.57. The minimum absolute atomic E-state index is 0.133. The summed E-state index contributed by atoms with van der Waals surface area (Å²) in [5.41, 5.74) is 0.647. The zero-order valence-corrected chi connectivity index (χ0v) is 14.0. The van der Waals surface area contributed by atoms with E-state index in [1.54, 1.807) is 29.2 Å². The first-order valence-electron chi connectivity index (χ1n) is 7.09. The lowest BCUT2D eigenvalue weighted by molar-refractivity contribution is 0.178. The zero-order chi connectivity index (χ0) is 16.2. The van der Waals surface area contributed by atoms with Crippen LogP contribution in [-0.2, 0) is 10.0 Å². The third kappa shape index (κ3) is 5.47. The molecule has 0 aromatic heterocycles. The molecule has 1 aliphatic rings. The van der Waals surface area contributed by atoms with Gasteiger partial charge in [0.1, 0.15) is 0 Å². The summed E-state index contributed by atoms with van der Waals surface area (Å²) in [5, 5.41) is 3.37. The highest BCUT2D eigenvalue weighted by atomic mass is 35.5. The largest absolute Gasteiger partial charge is 0.324 e. The summed E-state index contributed by atoms with van der Waals surface area (Å²) in [7, 11) is -3.20. The smallest absolute Gasteiger partial charge is 0.321 e. The fourth-order valence-corrected chi connectivity index (χ4v) is 3.18. The van der Waals surface area contributed by atoms with Crippen LogP contribution in [0.4, 0.5) is 10.5 Å². The number of hydrogen-bond donors (Lipinski definition) is 2. The molecule has 1 unspecified atom stereocenters. The molecule has 2 rings (SSSR count). The normalized spacial score (nSPS) is 19.0. The van der Waals surface area contributed by atoms with Crippen LogP contribution in [0, 0.1) is 5.92 Å². The SMILES string of the molecule is CS(=O)(=O)NCC1CCCN(C(=O)Nc2cccc(Cl)c2)C1. The minimum Gasteiger partial charge on any atom is -0.324 e. The van der Waals surface area contributed by atoms with Crippen LogP contribution in [0.25, 0.3) is 0 Å². The van der Waals surface area contributed by atoms with E-state index in [4.69, 9.17) is 11.6 Å². The van der Waals surface area contributed by atoms with Crippen LogP contribution in [0.3, 0.4) is 0 Å². The van der Waals surface area contributed by atoms with Crippen LogP contribution >= 0.6 is 11.6 Å². The van der Waals surface area contributed by atoms with Crippen LogP contribution in [-0.4, -0.2) is 45.2 Å². The van der Waals surface area contributed by atoms with Gasteiger partial charge >= 0.3 is 6.03 Å². The molecule has 1 saturated heterocycles. The lowest BCUT2D eigenvalue weighted by Gasteiger charge is -2.32. The summed E-state index contributed by atoms with van der Waals surface area (Å²) in [6, 6.07) is 6.78. The van der Waals surface area contributed by atoms with Crippen LogP contribution < -0.4 is 10.0 Å². The predicted octanol–water partition coefficient (Wildman–Crippen LogP) is 2.13. The van der Waals surface area contributed by atoms with Crippen molar-refractivity contribution in [3.63, 3.8) is 0 Å². The Hall–Kier alpha value is -1.31. The van der Waals surface area contributed by atoms with Gasteiger partial charge in [0.05, 0.1) is 6.26 Å². The fourth-order valence-electron chi connectivity index (χ4n) is 2.45. The quantitative estimate of drug-likeness (QED) is 0.877. The molecule has 0 spiro atoms. The Morgan fingerprint density at radius 3 is 2.91 bits per heavy atom. The number of nitrogens with zero attached hydrogens (tertiary/aromatic N) is 1. The van der Waals surface area contributed by atoms with Gasteiger partial charge in [-0.15, -0.1) is 0 Å². The molecule has 1 aromatic rings. The number of rotatable bonds is 4. The number of hydrogen-bond acceptors (Lipinski definition) is 3. The molecule has 22 heavy (non-hydrogen) atoms. The van der Waals surface area contributed by atoms with Gasteiger partial charge in [-0.25, -0.2) is 17.9 Å². The van der Waals surface area contributed by atoms with E-state index in [-0.39, 0.29) is 11.9 Å². The topological polar surface area (TPSA) is 78.5 Å². The molecule has 122 valence electrons. The Bertz CT molecular complexity index is 636. The molecule has 1 aromatic carbocycles. The summed E-state index contributed by atoms with van der Waals surface area (Å²) < 4.78 is 24.8. The monoisotopic (exact) mass is 345 g/mol. The van der Waals surface area contributed by atoms with Crippen LogP contribution in [0.2, 0.25) is 5.02 Å². The number of likely N-dealkylation sites (tertiary alicyclic amines) is 1. The molecule has 6 nitrogen and oxygen atoms in total. The van der Waals surface area contributed by atoms with E-state index >= 15 is 0 Å². The summed E-state index contributed by atoms with van der Waals surface area (Å²) >= 11 is 5.89. The first-order valence-corrected chi connectivity index (χ1v) is 9.36. The summed E-state index contributed by atoms with van der Waals surface area (Å²) in [4.78, 5) is 14.0. The Balaban J connectivity index is 1.90. The number of amides is 2. The van der Waals surface area contributed by atoms with Crippen molar-refractivity contribution in [3.05, 3.63) is 29.3 Å². The van der Waals surface area contributed by atoms with E-state index in [0.717, 1.165) is 19.1 Å². The summed E-state index contributed by atoms with van der Waals surface area (Å²) in [6.07, 6.45) is 2.90. The van der Waals surface area contributed by atoms with Crippen molar-refractivity contribution in [1.82, 2.24) is 9.62 Å². The lowest BCUT2D eigenvalue weighted by Crippen LogP contribution is -2.45. The fraction of sp³-hybridized carbons (Fsp3) is 0.500. The second kappa shape index (κ2) is 7.30. The van der Waals surface area contributed by atoms with Gasteiger partial charge in [0.2, 0.25) is 10.0 Å². The van der Waals surface area contributed by atoms with Crippen LogP contribution in [0.1, 0.15) is 12.8 Å². The number of sulfonamides is 1. The van der Waals surface area contributed by atoms with E-state index < -0.39 is 10.0 Å². The molecule has 2 amide bonds. The van der Waals surface area contributed by atoms with Gasteiger partial charge in [-0.05, 0) is 37.0 Å². The third-order valence-corrected chi connectivity index (χ3v) is 4.44. The molecular formula is C14H20ClN3O3S. The van der Waals surface area contributed by atoms with Gasteiger partial charge in [0, 0.05) is 30.3 Å². The number of benzene rings is 1. The molecule has 0 saturated carbocycles. The zero-order valence-electron chi connectivity index (χ0n) is 12.4. The first-order chi connectivity index (χ1) is 10.3. The standard InChI is InChI=1S/C14H20ClN3O3S/c1-22(20,21)16-9-11-4-3-7-18(10-11)14(19)17-13-6-2-5-12(15)8-13/h2,5-6,8,11,16H,3-4,7,9-10H2,1H3,(H,17,19). The van der Waals surface area contributed by atoms with Gasteiger partial charge in [0.15, 0.2) is 0 Å². The molecule has 1 heterocycles. The average Bonchev–Trinajstić information content (AvgIpc) is 2.45. The van der Waals surface area contributed by atoms with Crippen LogP contribution in [0.5, 0.6) is 0 Å². The van der Waals surface area contributed by atoms with Crippen molar-refractivity contribution in [1.29, 1.82) is 0 Å². The average molecular weight is 346 g/mol. The maximum Gasteiger partial charge on any atom is 0.321 e. The number of piperidine rings is 1. The number of nitrogens with one attached hydrogen (secondary N) is 2. The Morgan fingerprint density at radius 2 is 2.23 bits per heavy atom. The maximum absolute atomic E-state index is 12.3. The lowest BCUT2D eigenvalue weighted by atomic mass is 9.99. The molecule has 0 bridgehead atoms. The van der Waals surface area contributed by atoms with Gasteiger partial charge in [-0.1, -0.05) is 17.7 Å². The molecule has 1 aliphatic heterocycles. The molecule has 8 heteroatoms. The van der Waals surface area contributed by atoms with Gasteiger partial charge < -0.3 is 10.2 Å². The molecule has 0 aliphatic carbocycles. The number of halogens is 1. The molecule has 2 N–H and O–H groups in total. The van der Waals surface area contributed by atoms with E-state index in [2.05, 4.69) is 10.0 Å². The van der Waals surface area contributed by atoms with Gasteiger partial charge in [-0.2, -0.15) is 0 Å². The summed E-state index contributed by atoms with van der Waals surface area (Å²) in [5.74, 6) is 0.133. The second-order valence-corrected chi connectivity index (χ2v) is 7.78. The van der Waals surface area contributed by atoms with Crippen molar-refractivity contribution in [3.8, 4) is 0 Å². The van der Waals surface area contributed by atoms with E-state index in [1.165, 1.54) is 0 Å². The molecule has 1 fully saturated rings.